The first-order valence-electron chi connectivity index (χ1n) is 14.0. The van der Waals surface area contributed by atoms with Gasteiger partial charge in [-0.1, -0.05) is 92.8 Å². The Kier molecular flexibility index (Phi) is 6.92. The largest absolute Gasteiger partial charge is 1.00 e. The Morgan fingerprint density at radius 2 is 1.51 bits per heavy atom. The lowest BCUT2D eigenvalue weighted by molar-refractivity contribution is -1.03. The van der Waals surface area contributed by atoms with Crippen molar-refractivity contribution >= 4 is 0 Å². The van der Waals surface area contributed by atoms with Gasteiger partial charge in [-0.3, -0.25) is 0 Å². The Labute approximate surface area is 223 Å². The zero-order chi connectivity index (χ0) is 23.2. The van der Waals surface area contributed by atoms with Crippen molar-refractivity contribution in [3.05, 3.63) is 71.8 Å². The molecule has 3 heteroatoms. The summed E-state index contributed by atoms with van der Waals surface area (Å²) in [4.78, 5) is 0. The minimum atomic E-state index is -0.543. The minimum absolute atomic E-state index is 0. The molecule has 2 nitrogen and oxygen atoms in total. The highest BCUT2D eigenvalue weighted by atomic mass is 79.9. The van der Waals surface area contributed by atoms with E-state index in [-0.39, 0.29) is 17.0 Å². The molecule has 0 radical (unpaired) electrons. The van der Waals surface area contributed by atoms with E-state index in [1.54, 1.807) is 0 Å². The smallest absolute Gasteiger partial charge is 0.107 e. The van der Waals surface area contributed by atoms with Crippen LogP contribution < -0.4 is 17.0 Å². The number of hydrogen-bond acceptors (Lipinski definition) is 1. The molecule has 4 fully saturated rings. The molecule has 3 saturated carbocycles. The summed E-state index contributed by atoms with van der Waals surface area (Å²) in [6.45, 7) is 1.40. The van der Waals surface area contributed by atoms with Crippen molar-refractivity contribution in [2.75, 3.05) is 13.6 Å². The van der Waals surface area contributed by atoms with Crippen molar-refractivity contribution in [1.29, 1.82) is 5.26 Å². The second-order valence-corrected chi connectivity index (χ2v) is 12.4. The Hall–Kier alpha value is -1.63. The summed E-state index contributed by atoms with van der Waals surface area (Å²) in [5, 5.41) is 10.7. The van der Waals surface area contributed by atoms with Gasteiger partial charge < -0.3 is 21.5 Å². The summed E-state index contributed by atoms with van der Waals surface area (Å²) >= 11 is 0. The fourth-order valence-corrected chi connectivity index (χ4v) is 9.28. The Morgan fingerprint density at radius 1 is 0.886 bits per heavy atom. The predicted molar refractivity (Wildman–Crippen MR) is 138 cm³/mol. The predicted octanol–water partition coefficient (Wildman–Crippen LogP) is 4.25. The second kappa shape index (κ2) is 9.68. The number of piperidine rings is 1. The number of quaternary nitrogens is 1. The molecule has 1 heterocycles. The molecule has 0 N–H and O–H groups in total. The normalized spacial score (nSPS) is 33.9. The van der Waals surface area contributed by atoms with Crippen molar-refractivity contribution in [3.8, 4) is 6.07 Å². The molecule has 186 valence electrons. The molecule has 0 bridgehead atoms. The van der Waals surface area contributed by atoms with E-state index in [1.807, 2.05) is 0 Å². The van der Waals surface area contributed by atoms with Gasteiger partial charge in [-0.25, -0.2) is 0 Å². The monoisotopic (exact) mass is 532 g/mol. The van der Waals surface area contributed by atoms with Gasteiger partial charge in [0, 0.05) is 12.8 Å². The van der Waals surface area contributed by atoms with Crippen LogP contribution in [0, 0.1) is 28.6 Å². The Bertz CT molecular complexity index is 1000. The summed E-state index contributed by atoms with van der Waals surface area (Å²) in [7, 11) is 2.60. The van der Waals surface area contributed by atoms with Gasteiger partial charge >= 0.3 is 0 Å². The Morgan fingerprint density at radius 3 is 2.06 bits per heavy atom. The van der Waals surface area contributed by atoms with Crippen molar-refractivity contribution in [2.24, 2.45) is 17.3 Å². The summed E-state index contributed by atoms with van der Waals surface area (Å²) in [5.41, 5.74) is 2.39. The SMILES string of the molecule is C[N+]1(CCC2CCCCC2)[C@H]2CCC23C[C@@H](CC(C#N)(c2ccccc2)c2ccccc2)C[C@@H]31.[Br-]. The molecule has 35 heavy (non-hydrogen) atoms. The number of halogens is 1. The van der Waals surface area contributed by atoms with Crippen LogP contribution in [-0.4, -0.2) is 30.2 Å². The van der Waals surface area contributed by atoms with Gasteiger partial charge in [0.15, 0.2) is 0 Å². The van der Waals surface area contributed by atoms with E-state index in [2.05, 4.69) is 73.8 Å². The average Bonchev–Trinajstić information content (AvgIpc) is 3.27. The molecule has 1 aliphatic heterocycles. The van der Waals surface area contributed by atoms with Gasteiger partial charge in [-0.15, -0.1) is 0 Å². The summed E-state index contributed by atoms with van der Waals surface area (Å²) in [6.07, 6.45) is 15.3. The molecule has 4 aliphatic rings. The maximum atomic E-state index is 10.7. The molecule has 6 rings (SSSR count). The van der Waals surface area contributed by atoms with Crippen molar-refractivity contribution in [1.82, 2.24) is 0 Å². The summed E-state index contributed by atoms with van der Waals surface area (Å²) < 4.78 is 1.35. The highest BCUT2D eigenvalue weighted by molar-refractivity contribution is 5.46. The fraction of sp³-hybridized carbons (Fsp3) is 0.594. The quantitative estimate of drug-likeness (QED) is 0.489. The molecule has 2 aromatic rings. The molecule has 5 atom stereocenters. The van der Waals surface area contributed by atoms with E-state index in [0.717, 1.165) is 24.4 Å². The molecular weight excluding hydrogens is 492 g/mol. The molecular formula is C32H41BrN2. The van der Waals surface area contributed by atoms with E-state index in [4.69, 9.17) is 0 Å². The third-order valence-corrected chi connectivity index (χ3v) is 10.9. The Balaban J connectivity index is 0.00000253. The van der Waals surface area contributed by atoms with Crippen LogP contribution in [0.1, 0.15) is 81.8 Å². The first kappa shape index (κ1) is 25.0. The lowest BCUT2D eigenvalue weighted by atomic mass is 9.51. The standard InChI is InChI=1S/C32H41N2.BrH/c1-34(20-18-25-11-5-2-6-12-25)29-17-19-31(29)22-26(21-30(31)34)23-32(24-33,27-13-7-3-8-14-27)28-15-9-4-10-16-28;/h3-4,7-10,13-16,25-26,29-30H,2,5-6,11-12,17-23H2,1H3;1H/q+1;/p-1/t26-,29-,30-,31?,34?;/m0./s1. The fourth-order valence-electron chi connectivity index (χ4n) is 9.28. The first-order valence-corrected chi connectivity index (χ1v) is 14.0. The molecule has 2 aromatic carbocycles. The van der Waals surface area contributed by atoms with E-state index >= 15 is 0 Å². The van der Waals surface area contributed by atoms with Gasteiger partial charge in [0.2, 0.25) is 0 Å². The zero-order valence-electron chi connectivity index (χ0n) is 21.3. The first-order chi connectivity index (χ1) is 16.6. The molecule has 0 aromatic heterocycles. The maximum Gasteiger partial charge on any atom is 0.107 e. The van der Waals surface area contributed by atoms with Crippen LogP contribution in [0.25, 0.3) is 0 Å². The minimum Gasteiger partial charge on any atom is -1.00 e. The van der Waals surface area contributed by atoms with E-state index in [1.165, 1.54) is 86.4 Å². The van der Waals surface area contributed by atoms with Crippen LogP contribution in [0.4, 0.5) is 0 Å². The van der Waals surface area contributed by atoms with Gasteiger partial charge in [0.25, 0.3) is 0 Å². The van der Waals surface area contributed by atoms with Crippen LogP contribution in [-0.2, 0) is 5.41 Å². The molecule has 0 amide bonds. The van der Waals surface area contributed by atoms with Crippen molar-refractivity contribution in [2.45, 2.75) is 88.1 Å². The van der Waals surface area contributed by atoms with E-state index < -0.39 is 5.41 Å². The third-order valence-electron chi connectivity index (χ3n) is 10.9. The lowest BCUT2D eigenvalue weighted by Crippen LogP contribution is -3.00. The number of rotatable bonds is 7. The lowest BCUT2D eigenvalue weighted by Gasteiger charge is -2.72. The van der Waals surface area contributed by atoms with Crippen LogP contribution in [0.2, 0.25) is 0 Å². The topological polar surface area (TPSA) is 23.8 Å². The molecule has 2 unspecified atom stereocenters. The highest BCUT2D eigenvalue weighted by Gasteiger charge is 2.77. The molecule has 3 aliphatic carbocycles. The van der Waals surface area contributed by atoms with Gasteiger partial charge in [-0.05, 0) is 48.6 Å². The zero-order valence-corrected chi connectivity index (χ0v) is 22.9. The van der Waals surface area contributed by atoms with Crippen LogP contribution in [0.15, 0.2) is 60.7 Å². The summed E-state index contributed by atoms with van der Waals surface area (Å²) in [6, 6.07) is 25.8. The van der Waals surface area contributed by atoms with Crippen molar-refractivity contribution in [3.63, 3.8) is 0 Å². The number of nitriles is 1. The van der Waals surface area contributed by atoms with Gasteiger partial charge in [0.05, 0.1) is 25.1 Å². The maximum absolute atomic E-state index is 10.7. The highest BCUT2D eigenvalue weighted by Crippen LogP contribution is 2.70. The van der Waals surface area contributed by atoms with Gasteiger partial charge in [0.1, 0.15) is 17.5 Å². The van der Waals surface area contributed by atoms with Crippen LogP contribution in [0.3, 0.4) is 0 Å². The van der Waals surface area contributed by atoms with Crippen LogP contribution >= 0.6 is 0 Å². The second-order valence-electron chi connectivity index (χ2n) is 12.4. The summed E-state index contributed by atoms with van der Waals surface area (Å²) in [5.74, 6) is 1.63. The third kappa shape index (κ3) is 3.91. The molecule has 1 spiro atoms. The van der Waals surface area contributed by atoms with Crippen LogP contribution in [0.5, 0.6) is 0 Å². The number of likely N-dealkylation sites (tertiary alicyclic amines) is 1. The van der Waals surface area contributed by atoms with Crippen molar-refractivity contribution < 1.29 is 21.5 Å². The van der Waals surface area contributed by atoms with Gasteiger partial charge in [-0.2, -0.15) is 5.26 Å². The van der Waals surface area contributed by atoms with E-state index in [9.17, 15) is 5.26 Å². The molecule has 1 saturated heterocycles. The number of hydrogen-bond donors (Lipinski definition) is 0. The average molecular weight is 534 g/mol. The number of benzene rings is 2. The number of nitrogens with zero attached hydrogens (tertiary/aromatic N) is 2. The van der Waals surface area contributed by atoms with E-state index in [0.29, 0.717) is 11.3 Å².